The van der Waals surface area contributed by atoms with Gasteiger partial charge >= 0.3 is 5.97 Å². The van der Waals surface area contributed by atoms with Gasteiger partial charge in [-0.05, 0) is 25.7 Å². The standard InChI is InChI=1S/C12H21NO4.C5H12O.C3H6.CH2O2/c1-3-4-5-6-9-12(16)17-13(2)11(15)8-7-10-14;1-5(2)3-4-6;1-3-2;2-1-3/h10H,3-9H2,1-2H3;5-6H,3-4H2,1-2H3;3H,1H2,2H3;1H,(H,2,3). The Balaban J connectivity index is -0.000000213. The lowest BCUT2D eigenvalue weighted by Gasteiger charge is -2.15. The van der Waals surface area contributed by atoms with E-state index in [0.717, 1.165) is 37.2 Å². The molecule has 2 N–H and O–H groups in total. The molecule has 0 aliphatic rings. The molecule has 0 aliphatic carbocycles. The van der Waals surface area contributed by atoms with Gasteiger partial charge in [0.2, 0.25) is 0 Å². The Morgan fingerprint density at radius 2 is 1.66 bits per heavy atom. The molecule has 0 aromatic rings. The molecule has 0 saturated carbocycles. The molecule has 172 valence electrons. The molecule has 0 bridgehead atoms. The highest BCUT2D eigenvalue weighted by molar-refractivity contribution is 5.79. The highest BCUT2D eigenvalue weighted by Gasteiger charge is 2.13. The van der Waals surface area contributed by atoms with Gasteiger partial charge < -0.3 is 19.8 Å². The lowest BCUT2D eigenvalue weighted by molar-refractivity contribution is -0.192. The van der Waals surface area contributed by atoms with E-state index in [1.807, 2.05) is 6.92 Å². The van der Waals surface area contributed by atoms with Gasteiger partial charge in [-0.15, -0.1) is 6.58 Å². The summed E-state index contributed by atoms with van der Waals surface area (Å²) in [7, 11) is 1.39. The summed E-state index contributed by atoms with van der Waals surface area (Å²) in [4.78, 5) is 45.9. The van der Waals surface area contributed by atoms with E-state index in [-0.39, 0.29) is 25.2 Å². The minimum absolute atomic E-state index is 0.0725. The second kappa shape index (κ2) is 30.5. The zero-order valence-corrected chi connectivity index (χ0v) is 18.8. The SMILES string of the molecule is C=CC.CC(C)CCO.CCCCCCC(=O)ON(C)C(=O)CCC=O.O=CO. The zero-order chi connectivity index (χ0) is 23.5. The minimum Gasteiger partial charge on any atom is -0.483 e. The van der Waals surface area contributed by atoms with Gasteiger partial charge in [0.1, 0.15) is 6.29 Å². The van der Waals surface area contributed by atoms with E-state index < -0.39 is 5.97 Å². The maximum atomic E-state index is 11.3. The Labute approximate surface area is 175 Å². The predicted molar refractivity (Wildman–Crippen MR) is 114 cm³/mol. The van der Waals surface area contributed by atoms with Crippen molar-refractivity contribution in [3.63, 3.8) is 0 Å². The Kier molecular flexibility index (Phi) is 36.1. The van der Waals surface area contributed by atoms with Gasteiger partial charge in [0.15, 0.2) is 0 Å². The van der Waals surface area contributed by atoms with Crippen LogP contribution in [0.1, 0.15) is 79.1 Å². The Morgan fingerprint density at radius 3 is 2.00 bits per heavy atom. The molecule has 0 atom stereocenters. The number of carboxylic acid groups (broad SMARTS) is 1. The van der Waals surface area contributed by atoms with E-state index >= 15 is 0 Å². The van der Waals surface area contributed by atoms with Crippen LogP contribution < -0.4 is 0 Å². The van der Waals surface area contributed by atoms with Crippen LogP contribution in [0.2, 0.25) is 0 Å². The molecule has 0 aliphatic heterocycles. The predicted octanol–water partition coefficient (Wildman–Crippen LogP) is 3.77. The minimum atomic E-state index is -0.400. The Bertz CT molecular complexity index is 392. The first kappa shape index (κ1) is 34.3. The van der Waals surface area contributed by atoms with Gasteiger partial charge in [-0.3, -0.25) is 9.59 Å². The normalized spacial score (nSPS) is 8.66. The highest BCUT2D eigenvalue weighted by Crippen LogP contribution is 2.05. The summed E-state index contributed by atoms with van der Waals surface area (Å²) in [5.41, 5.74) is 0. The number of rotatable bonds is 10. The summed E-state index contributed by atoms with van der Waals surface area (Å²) < 4.78 is 0. The summed E-state index contributed by atoms with van der Waals surface area (Å²) in [5.74, 6) is -0.114. The summed E-state index contributed by atoms with van der Waals surface area (Å²) in [5, 5.41) is 16.0. The lowest BCUT2D eigenvalue weighted by atomic mass is 10.2. The van der Waals surface area contributed by atoms with Gasteiger partial charge in [-0.2, -0.15) is 5.06 Å². The first-order chi connectivity index (χ1) is 13.7. The van der Waals surface area contributed by atoms with Crippen LogP contribution in [0.4, 0.5) is 0 Å². The number of hydroxylamine groups is 2. The van der Waals surface area contributed by atoms with Crippen molar-refractivity contribution < 1.29 is 34.2 Å². The lowest BCUT2D eigenvalue weighted by Crippen LogP contribution is -2.29. The van der Waals surface area contributed by atoms with Crippen LogP contribution in [-0.2, 0) is 24.0 Å². The van der Waals surface area contributed by atoms with Crippen molar-refractivity contribution >= 4 is 24.6 Å². The third-order valence-corrected chi connectivity index (χ3v) is 3.01. The average Bonchev–Trinajstić information content (AvgIpc) is 2.65. The van der Waals surface area contributed by atoms with Crippen LogP contribution >= 0.6 is 0 Å². The molecule has 0 unspecified atom stereocenters. The van der Waals surface area contributed by atoms with E-state index in [4.69, 9.17) is 19.8 Å². The van der Waals surface area contributed by atoms with Crippen LogP contribution in [-0.4, -0.2) is 53.6 Å². The van der Waals surface area contributed by atoms with E-state index in [1.165, 1.54) is 7.05 Å². The van der Waals surface area contributed by atoms with Crippen LogP contribution in [0.5, 0.6) is 0 Å². The summed E-state index contributed by atoms with van der Waals surface area (Å²) in [6, 6.07) is 0. The number of aliphatic hydroxyl groups excluding tert-OH is 1. The summed E-state index contributed by atoms with van der Waals surface area (Å²) >= 11 is 0. The fourth-order valence-corrected chi connectivity index (χ4v) is 1.54. The topological polar surface area (TPSA) is 121 Å². The van der Waals surface area contributed by atoms with Gasteiger partial charge in [-0.25, -0.2) is 4.79 Å². The second-order valence-corrected chi connectivity index (χ2v) is 6.29. The van der Waals surface area contributed by atoms with Crippen LogP contribution in [0, 0.1) is 5.92 Å². The fourth-order valence-electron chi connectivity index (χ4n) is 1.54. The number of allylic oxidation sites excluding steroid dienone is 1. The monoisotopic (exact) mass is 419 g/mol. The number of carbonyl (C=O) groups excluding carboxylic acids is 3. The highest BCUT2D eigenvalue weighted by atomic mass is 16.7. The Morgan fingerprint density at radius 1 is 1.14 bits per heavy atom. The van der Waals surface area contributed by atoms with Crippen molar-refractivity contribution in [1.82, 2.24) is 5.06 Å². The largest absolute Gasteiger partial charge is 0.483 e. The zero-order valence-electron chi connectivity index (χ0n) is 18.8. The number of aliphatic hydroxyl groups is 1. The molecule has 8 nitrogen and oxygen atoms in total. The molecular formula is C21H41NO7. The molecule has 8 heteroatoms. The van der Waals surface area contributed by atoms with E-state index in [1.54, 1.807) is 6.08 Å². The number of unbranched alkanes of at least 4 members (excludes halogenated alkanes) is 3. The number of nitrogens with zero attached hydrogens (tertiary/aromatic N) is 1. The van der Waals surface area contributed by atoms with Crippen molar-refractivity contribution in [2.24, 2.45) is 5.92 Å². The average molecular weight is 420 g/mol. The molecule has 0 spiro atoms. The third kappa shape index (κ3) is 41.3. The summed E-state index contributed by atoms with van der Waals surface area (Å²) in [6.45, 7) is 11.6. The molecule has 0 aromatic carbocycles. The van der Waals surface area contributed by atoms with E-state index in [0.29, 0.717) is 25.2 Å². The van der Waals surface area contributed by atoms with Crippen molar-refractivity contribution in [3.8, 4) is 0 Å². The van der Waals surface area contributed by atoms with Crippen molar-refractivity contribution in [2.45, 2.75) is 79.1 Å². The third-order valence-electron chi connectivity index (χ3n) is 3.01. The fraction of sp³-hybridized carbons (Fsp3) is 0.714. The van der Waals surface area contributed by atoms with Crippen LogP contribution in [0.15, 0.2) is 12.7 Å². The number of hydrogen-bond acceptors (Lipinski definition) is 6. The van der Waals surface area contributed by atoms with Crippen molar-refractivity contribution in [3.05, 3.63) is 12.7 Å². The smallest absolute Gasteiger partial charge is 0.332 e. The Hall–Kier alpha value is -2.22. The van der Waals surface area contributed by atoms with Gasteiger partial charge in [0, 0.05) is 32.9 Å². The number of hydrogen-bond donors (Lipinski definition) is 2. The van der Waals surface area contributed by atoms with Crippen molar-refractivity contribution in [1.29, 1.82) is 0 Å². The molecule has 0 saturated heterocycles. The number of aldehydes is 1. The van der Waals surface area contributed by atoms with Crippen molar-refractivity contribution in [2.75, 3.05) is 13.7 Å². The molecule has 29 heavy (non-hydrogen) atoms. The maximum absolute atomic E-state index is 11.3. The maximum Gasteiger partial charge on any atom is 0.332 e. The van der Waals surface area contributed by atoms with E-state index in [9.17, 15) is 14.4 Å². The molecule has 0 rings (SSSR count). The van der Waals surface area contributed by atoms with Gasteiger partial charge in [0.25, 0.3) is 12.4 Å². The van der Waals surface area contributed by atoms with Gasteiger partial charge in [-0.1, -0.05) is 46.1 Å². The first-order valence-electron chi connectivity index (χ1n) is 9.88. The summed E-state index contributed by atoms with van der Waals surface area (Å²) in [6.07, 6.45) is 7.88. The molecule has 0 radical (unpaired) electrons. The first-order valence-corrected chi connectivity index (χ1v) is 9.88. The number of carbonyl (C=O) groups is 4. The van der Waals surface area contributed by atoms with Gasteiger partial charge in [0.05, 0.1) is 0 Å². The van der Waals surface area contributed by atoms with E-state index in [2.05, 4.69) is 27.4 Å². The molecule has 0 heterocycles. The molecule has 0 aromatic heterocycles. The quantitative estimate of drug-likeness (QED) is 0.239. The second-order valence-electron chi connectivity index (χ2n) is 6.29. The number of amides is 1. The molecule has 1 amide bonds. The molecule has 0 fully saturated rings. The molecular weight excluding hydrogens is 378 g/mol. The van der Waals surface area contributed by atoms with Crippen LogP contribution in [0.25, 0.3) is 0 Å². The van der Waals surface area contributed by atoms with Crippen LogP contribution in [0.3, 0.4) is 0 Å².